The first-order valence-electron chi connectivity index (χ1n) is 7.59. The summed E-state index contributed by atoms with van der Waals surface area (Å²) < 4.78 is 18.8. The molecule has 4 rings (SSSR count). The second-order valence-electron chi connectivity index (χ2n) is 6.09. The topological polar surface area (TPSA) is 54.3 Å². The zero-order valence-corrected chi connectivity index (χ0v) is 12.0. The van der Waals surface area contributed by atoms with Crippen molar-refractivity contribution in [2.75, 3.05) is 6.54 Å². The third-order valence-corrected chi connectivity index (χ3v) is 4.62. The lowest BCUT2D eigenvalue weighted by atomic mass is 10.0. The molecule has 0 spiro atoms. The van der Waals surface area contributed by atoms with Gasteiger partial charge in [-0.25, -0.2) is 4.39 Å². The molecule has 4 nitrogen and oxygen atoms in total. The van der Waals surface area contributed by atoms with Crippen LogP contribution in [0.2, 0.25) is 0 Å². The zero-order chi connectivity index (χ0) is 15.1. The Morgan fingerprint density at radius 3 is 2.91 bits per heavy atom. The summed E-state index contributed by atoms with van der Waals surface area (Å²) in [7, 11) is 0. The van der Waals surface area contributed by atoms with E-state index in [1.165, 1.54) is 12.1 Å². The molecule has 114 valence electrons. The number of piperidine rings is 1. The van der Waals surface area contributed by atoms with Crippen molar-refractivity contribution in [3.8, 4) is 11.3 Å². The predicted octanol–water partition coefficient (Wildman–Crippen LogP) is 2.57. The van der Waals surface area contributed by atoms with Crippen LogP contribution in [0.3, 0.4) is 0 Å². The van der Waals surface area contributed by atoms with Crippen LogP contribution in [0, 0.1) is 11.7 Å². The van der Waals surface area contributed by atoms with E-state index in [4.69, 9.17) is 4.42 Å². The number of benzene rings is 1. The molecule has 1 aromatic carbocycles. The lowest BCUT2D eigenvalue weighted by molar-refractivity contribution is 0.0897. The lowest BCUT2D eigenvalue weighted by Crippen LogP contribution is -2.44. The Hall–Kier alpha value is -2.14. The van der Waals surface area contributed by atoms with Crippen LogP contribution in [-0.2, 0) is 0 Å². The van der Waals surface area contributed by atoms with Crippen LogP contribution < -0.4 is 10.6 Å². The first-order valence-corrected chi connectivity index (χ1v) is 7.59. The fourth-order valence-electron chi connectivity index (χ4n) is 3.51. The maximum absolute atomic E-state index is 13.2. The highest BCUT2D eigenvalue weighted by Gasteiger charge is 2.40. The van der Waals surface area contributed by atoms with Gasteiger partial charge in [-0.1, -0.05) is 12.1 Å². The van der Waals surface area contributed by atoms with Crippen molar-refractivity contribution >= 4 is 5.91 Å². The van der Waals surface area contributed by atoms with Gasteiger partial charge in [-0.15, -0.1) is 0 Å². The van der Waals surface area contributed by atoms with E-state index in [0.717, 1.165) is 19.4 Å². The Morgan fingerprint density at radius 1 is 1.27 bits per heavy atom. The van der Waals surface area contributed by atoms with Gasteiger partial charge in [0.2, 0.25) is 0 Å². The molecule has 2 fully saturated rings. The second kappa shape index (κ2) is 5.25. The van der Waals surface area contributed by atoms with Crippen LogP contribution in [-0.4, -0.2) is 24.5 Å². The van der Waals surface area contributed by atoms with Gasteiger partial charge in [0, 0.05) is 24.2 Å². The molecule has 3 atom stereocenters. The summed E-state index contributed by atoms with van der Waals surface area (Å²) in [6.45, 7) is 0.975. The maximum Gasteiger partial charge on any atom is 0.287 e. The maximum atomic E-state index is 13.2. The molecule has 2 aliphatic rings. The number of amides is 1. The highest BCUT2D eigenvalue weighted by molar-refractivity contribution is 5.92. The van der Waals surface area contributed by atoms with Crippen LogP contribution >= 0.6 is 0 Å². The Bertz CT molecular complexity index is 712. The van der Waals surface area contributed by atoms with Gasteiger partial charge in [0.05, 0.1) is 0 Å². The van der Waals surface area contributed by atoms with Crippen LogP contribution in [0.1, 0.15) is 23.4 Å². The molecule has 1 saturated carbocycles. The van der Waals surface area contributed by atoms with Crippen molar-refractivity contribution in [3.63, 3.8) is 0 Å². The summed E-state index contributed by atoms with van der Waals surface area (Å²) in [6, 6.07) is 10.2. The highest BCUT2D eigenvalue weighted by atomic mass is 19.1. The van der Waals surface area contributed by atoms with Gasteiger partial charge < -0.3 is 15.1 Å². The normalized spacial score (nSPS) is 26.3. The van der Waals surface area contributed by atoms with Crippen LogP contribution in [0.5, 0.6) is 0 Å². The standard InChI is InChI=1S/C17H17FN2O2/c18-12-3-1-2-10(6-12)15-4-5-16(22-15)17(21)20-14-8-13-7-11(14)9-19-13/h1-6,11,13-14,19H,7-9H2,(H,20,21). The van der Waals surface area contributed by atoms with Gasteiger partial charge in [0.1, 0.15) is 11.6 Å². The number of hydrogen-bond donors (Lipinski definition) is 2. The van der Waals surface area contributed by atoms with E-state index in [-0.39, 0.29) is 23.5 Å². The van der Waals surface area contributed by atoms with Crippen molar-refractivity contribution in [3.05, 3.63) is 48.0 Å². The number of carbonyl (C=O) groups is 1. The summed E-state index contributed by atoms with van der Waals surface area (Å²) in [6.07, 6.45) is 2.12. The smallest absolute Gasteiger partial charge is 0.287 e. The van der Waals surface area contributed by atoms with Gasteiger partial charge in [0.25, 0.3) is 5.91 Å². The van der Waals surface area contributed by atoms with Gasteiger partial charge in [-0.2, -0.15) is 0 Å². The van der Waals surface area contributed by atoms with E-state index >= 15 is 0 Å². The largest absolute Gasteiger partial charge is 0.451 e. The van der Waals surface area contributed by atoms with E-state index in [2.05, 4.69) is 10.6 Å². The Labute approximate surface area is 127 Å². The molecule has 0 radical (unpaired) electrons. The van der Waals surface area contributed by atoms with E-state index in [1.807, 2.05) is 0 Å². The Balaban J connectivity index is 1.48. The second-order valence-corrected chi connectivity index (χ2v) is 6.09. The minimum atomic E-state index is -0.325. The van der Waals surface area contributed by atoms with E-state index in [1.54, 1.807) is 24.3 Å². The molecule has 2 aromatic rings. The summed E-state index contributed by atoms with van der Waals surface area (Å²) >= 11 is 0. The number of fused-ring (bicyclic) bond motifs is 2. The first-order chi connectivity index (χ1) is 10.7. The van der Waals surface area contributed by atoms with E-state index in [9.17, 15) is 9.18 Å². The molecular weight excluding hydrogens is 283 g/mol. The molecule has 22 heavy (non-hydrogen) atoms. The molecule has 1 aliphatic carbocycles. The molecule has 2 N–H and O–H groups in total. The van der Waals surface area contributed by atoms with Crippen molar-refractivity contribution in [1.82, 2.24) is 10.6 Å². The number of rotatable bonds is 3. The third-order valence-electron chi connectivity index (χ3n) is 4.62. The van der Waals surface area contributed by atoms with Crippen LogP contribution in [0.15, 0.2) is 40.8 Å². The third kappa shape index (κ3) is 2.41. The predicted molar refractivity (Wildman–Crippen MR) is 79.9 cm³/mol. The molecule has 2 bridgehead atoms. The summed E-state index contributed by atoms with van der Waals surface area (Å²) in [4.78, 5) is 12.3. The molecule has 1 amide bonds. The fraction of sp³-hybridized carbons (Fsp3) is 0.353. The number of carbonyl (C=O) groups excluding carboxylic acids is 1. The van der Waals surface area contributed by atoms with Crippen molar-refractivity contribution in [2.45, 2.75) is 24.9 Å². The van der Waals surface area contributed by atoms with Crippen LogP contribution in [0.4, 0.5) is 4.39 Å². The number of furan rings is 1. The molecular formula is C17H17FN2O2. The van der Waals surface area contributed by atoms with Crippen LogP contribution in [0.25, 0.3) is 11.3 Å². The number of halogens is 1. The fourth-order valence-corrected chi connectivity index (χ4v) is 3.51. The summed E-state index contributed by atoms with van der Waals surface area (Å²) in [5.74, 6) is 0.774. The van der Waals surface area contributed by atoms with Gasteiger partial charge in [-0.3, -0.25) is 4.79 Å². The molecule has 5 heteroatoms. The monoisotopic (exact) mass is 300 g/mol. The molecule has 1 aromatic heterocycles. The van der Waals surface area contributed by atoms with Crippen molar-refractivity contribution in [2.24, 2.45) is 5.92 Å². The molecule has 1 saturated heterocycles. The van der Waals surface area contributed by atoms with E-state index in [0.29, 0.717) is 23.3 Å². The first kappa shape index (κ1) is 13.5. The molecule has 1 aliphatic heterocycles. The van der Waals surface area contributed by atoms with Gasteiger partial charge in [-0.05, 0) is 43.0 Å². The molecule has 3 unspecified atom stereocenters. The lowest BCUT2D eigenvalue weighted by Gasteiger charge is -2.22. The quantitative estimate of drug-likeness (QED) is 0.916. The highest BCUT2D eigenvalue weighted by Crippen LogP contribution is 2.31. The summed E-state index contributed by atoms with van der Waals surface area (Å²) in [5, 5.41) is 6.48. The van der Waals surface area contributed by atoms with E-state index < -0.39 is 0 Å². The number of nitrogens with one attached hydrogen (secondary N) is 2. The summed E-state index contributed by atoms with van der Waals surface area (Å²) in [5.41, 5.74) is 0.628. The minimum absolute atomic E-state index is 0.194. The Morgan fingerprint density at radius 2 is 2.18 bits per heavy atom. The SMILES string of the molecule is O=C(NC1CC2CC1CN2)c1ccc(-c2cccc(F)c2)o1. The van der Waals surface area contributed by atoms with Crippen molar-refractivity contribution in [1.29, 1.82) is 0 Å². The average molecular weight is 300 g/mol. The molecule has 2 heterocycles. The van der Waals surface area contributed by atoms with Gasteiger partial charge >= 0.3 is 0 Å². The Kier molecular flexibility index (Phi) is 3.22. The average Bonchev–Trinajstić information content (AvgIpc) is 3.23. The minimum Gasteiger partial charge on any atom is -0.451 e. The van der Waals surface area contributed by atoms with Gasteiger partial charge in [0.15, 0.2) is 5.76 Å². The number of hydrogen-bond acceptors (Lipinski definition) is 3. The zero-order valence-electron chi connectivity index (χ0n) is 12.0. The van der Waals surface area contributed by atoms with Crippen molar-refractivity contribution < 1.29 is 13.6 Å².